The van der Waals surface area contributed by atoms with Crippen molar-refractivity contribution in [2.24, 2.45) is 0 Å². The number of aryl methyl sites for hydroxylation is 2. The number of hydrogen-bond acceptors (Lipinski definition) is 5. The van der Waals surface area contributed by atoms with Crippen molar-refractivity contribution in [1.82, 2.24) is 9.88 Å². The summed E-state index contributed by atoms with van der Waals surface area (Å²) in [7, 11) is 0. The number of thioether (sulfide) groups is 1. The van der Waals surface area contributed by atoms with Gasteiger partial charge >= 0.3 is 0 Å². The van der Waals surface area contributed by atoms with E-state index in [0.717, 1.165) is 41.5 Å². The number of rotatable bonds is 4. The summed E-state index contributed by atoms with van der Waals surface area (Å²) in [5.74, 6) is 1.18. The molecule has 0 bridgehead atoms. The Hall–Kier alpha value is -1.37. The average molecular weight is 375 g/mol. The Kier molecular flexibility index (Phi) is 4.60. The van der Waals surface area contributed by atoms with Gasteiger partial charge in [-0.05, 0) is 44.5 Å². The van der Waals surface area contributed by atoms with Gasteiger partial charge in [0.2, 0.25) is 0 Å². The number of carbonyl (C=O) groups excluding carboxylic acids is 1. The second kappa shape index (κ2) is 6.74. The minimum absolute atomic E-state index is 0.178. The maximum absolute atomic E-state index is 12.5. The van der Waals surface area contributed by atoms with Gasteiger partial charge in [-0.25, -0.2) is 0 Å². The number of nitrogens with zero attached hydrogens (tertiary/aromatic N) is 2. The second-order valence-corrected chi connectivity index (χ2v) is 9.75. The highest BCUT2D eigenvalue weighted by Crippen LogP contribution is 2.46. The molecule has 1 amide bonds. The summed E-state index contributed by atoms with van der Waals surface area (Å²) in [5.41, 5.74) is 2.01. The van der Waals surface area contributed by atoms with E-state index >= 15 is 0 Å². The van der Waals surface area contributed by atoms with Crippen LogP contribution in [0.5, 0.6) is 0 Å². The SMILES string of the molecule is Cc1cccc(CO[C@H]2CSC3(C2)CN(C(=O)c2ccc(C)s2)C3)n1. The van der Waals surface area contributed by atoms with Gasteiger partial charge < -0.3 is 9.64 Å². The molecule has 4 heterocycles. The fraction of sp³-hybridized carbons (Fsp3) is 0.474. The zero-order valence-corrected chi connectivity index (χ0v) is 16.2. The summed E-state index contributed by atoms with van der Waals surface area (Å²) in [6, 6.07) is 9.99. The summed E-state index contributed by atoms with van der Waals surface area (Å²) < 4.78 is 6.28. The van der Waals surface area contributed by atoms with Gasteiger partial charge in [-0.15, -0.1) is 23.1 Å². The van der Waals surface area contributed by atoms with Crippen LogP contribution in [0.15, 0.2) is 30.3 Å². The molecule has 1 atom stereocenters. The van der Waals surface area contributed by atoms with E-state index < -0.39 is 0 Å². The Morgan fingerprint density at radius 2 is 2.16 bits per heavy atom. The maximum atomic E-state index is 12.5. The molecule has 25 heavy (non-hydrogen) atoms. The van der Waals surface area contributed by atoms with Gasteiger partial charge in [-0.2, -0.15) is 0 Å². The van der Waals surface area contributed by atoms with Crippen molar-refractivity contribution in [3.8, 4) is 0 Å². The van der Waals surface area contributed by atoms with E-state index in [1.54, 1.807) is 11.3 Å². The highest BCUT2D eigenvalue weighted by atomic mass is 32.2. The lowest BCUT2D eigenvalue weighted by Crippen LogP contribution is -2.60. The van der Waals surface area contributed by atoms with E-state index in [0.29, 0.717) is 6.61 Å². The lowest BCUT2D eigenvalue weighted by atomic mass is 9.92. The number of likely N-dealkylation sites (tertiary alicyclic amines) is 1. The Labute approximate surface area is 156 Å². The second-order valence-electron chi connectivity index (χ2n) is 6.97. The first-order valence-electron chi connectivity index (χ1n) is 8.57. The summed E-state index contributed by atoms with van der Waals surface area (Å²) in [4.78, 5) is 21.0. The number of carbonyl (C=O) groups is 1. The predicted molar refractivity (Wildman–Crippen MR) is 102 cm³/mol. The van der Waals surface area contributed by atoms with Crippen LogP contribution in [0.4, 0.5) is 0 Å². The Morgan fingerprint density at radius 1 is 1.32 bits per heavy atom. The molecule has 1 spiro atoms. The summed E-state index contributed by atoms with van der Waals surface area (Å²) in [6.45, 7) is 6.29. The molecule has 0 N–H and O–H groups in total. The quantitative estimate of drug-likeness (QED) is 0.819. The molecule has 0 unspecified atom stereocenters. The molecule has 2 aromatic rings. The predicted octanol–water partition coefficient (Wildman–Crippen LogP) is 3.68. The largest absolute Gasteiger partial charge is 0.371 e. The van der Waals surface area contributed by atoms with Crippen molar-refractivity contribution in [2.45, 2.75) is 37.7 Å². The van der Waals surface area contributed by atoms with E-state index in [1.165, 1.54) is 4.88 Å². The highest BCUT2D eigenvalue weighted by Gasteiger charge is 2.51. The van der Waals surface area contributed by atoms with Crippen molar-refractivity contribution in [2.75, 3.05) is 18.8 Å². The summed E-state index contributed by atoms with van der Waals surface area (Å²) >= 11 is 3.55. The van der Waals surface area contributed by atoms with Crippen LogP contribution >= 0.6 is 23.1 Å². The van der Waals surface area contributed by atoms with E-state index in [2.05, 4.69) is 4.98 Å². The van der Waals surface area contributed by atoms with Gasteiger partial charge in [0.1, 0.15) is 0 Å². The third-order valence-electron chi connectivity index (χ3n) is 4.78. The zero-order valence-electron chi connectivity index (χ0n) is 14.5. The molecular weight excluding hydrogens is 352 g/mol. The third-order valence-corrected chi connectivity index (χ3v) is 7.35. The fourth-order valence-corrected chi connectivity index (χ4v) is 5.90. The fourth-order valence-electron chi connectivity index (χ4n) is 3.51. The molecule has 0 saturated carbocycles. The topological polar surface area (TPSA) is 42.4 Å². The average Bonchev–Trinajstić information content (AvgIpc) is 3.18. The number of aromatic nitrogens is 1. The van der Waals surface area contributed by atoms with Crippen LogP contribution in [0.1, 0.15) is 32.4 Å². The number of amides is 1. The summed E-state index contributed by atoms with van der Waals surface area (Å²) in [5, 5.41) is 0. The standard InChI is InChI=1S/C19H22N2O2S2/c1-13-4-3-5-15(20-13)9-23-16-8-19(24-10-16)11-21(12-19)18(22)17-7-6-14(2)25-17/h3-7,16H,8-12H2,1-2H3/t16-/m1/s1. The van der Waals surface area contributed by atoms with E-state index in [9.17, 15) is 4.79 Å². The number of pyridine rings is 1. The highest BCUT2D eigenvalue weighted by molar-refractivity contribution is 8.01. The van der Waals surface area contributed by atoms with E-state index in [4.69, 9.17) is 4.74 Å². The van der Waals surface area contributed by atoms with Crippen molar-refractivity contribution < 1.29 is 9.53 Å². The van der Waals surface area contributed by atoms with Crippen molar-refractivity contribution in [3.05, 3.63) is 51.5 Å². The molecule has 4 nitrogen and oxygen atoms in total. The molecule has 6 heteroatoms. The molecule has 2 aliphatic heterocycles. The Bertz CT molecular complexity index is 783. The van der Waals surface area contributed by atoms with Crippen LogP contribution in [0, 0.1) is 13.8 Å². The van der Waals surface area contributed by atoms with Crippen LogP contribution in [0.25, 0.3) is 0 Å². The summed E-state index contributed by atoms with van der Waals surface area (Å²) in [6.07, 6.45) is 1.28. The van der Waals surface area contributed by atoms with Gasteiger partial charge in [0.15, 0.2) is 0 Å². The van der Waals surface area contributed by atoms with Crippen molar-refractivity contribution >= 4 is 29.0 Å². The third kappa shape index (κ3) is 3.61. The molecule has 0 aromatic carbocycles. The van der Waals surface area contributed by atoms with Gasteiger partial charge in [-0.3, -0.25) is 9.78 Å². The molecule has 0 radical (unpaired) electrons. The van der Waals surface area contributed by atoms with Crippen molar-refractivity contribution in [3.63, 3.8) is 0 Å². The first-order chi connectivity index (χ1) is 12.0. The number of ether oxygens (including phenoxy) is 1. The minimum atomic E-state index is 0.178. The monoisotopic (exact) mass is 374 g/mol. The Balaban J connectivity index is 1.28. The lowest BCUT2D eigenvalue weighted by Gasteiger charge is -2.47. The number of thiophene rings is 1. The zero-order chi connectivity index (χ0) is 17.4. The molecule has 2 fully saturated rings. The first kappa shape index (κ1) is 17.1. The Morgan fingerprint density at radius 3 is 2.88 bits per heavy atom. The maximum Gasteiger partial charge on any atom is 0.264 e. The molecule has 2 aromatic heterocycles. The minimum Gasteiger partial charge on any atom is -0.371 e. The van der Waals surface area contributed by atoms with Crippen molar-refractivity contribution in [1.29, 1.82) is 0 Å². The van der Waals surface area contributed by atoms with Gasteiger partial charge in [0, 0.05) is 29.4 Å². The smallest absolute Gasteiger partial charge is 0.264 e. The molecular formula is C19H22N2O2S2. The van der Waals surface area contributed by atoms with E-state index in [-0.39, 0.29) is 16.8 Å². The lowest BCUT2D eigenvalue weighted by molar-refractivity contribution is 0.0246. The molecule has 0 aliphatic carbocycles. The van der Waals surface area contributed by atoms with Gasteiger partial charge in [0.05, 0.1) is 28.0 Å². The molecule has 2 saturated heterocycles. The van der Waals surface area contributed by atoms with Crippen LogP contribution in [-0.2, 0) is 11.3 Å². The van der Waals surface area contributed by atoms with Crippen LogP contribution < -0.4 is 0 Å². The van der Waals surface area contributed by atoms with Crippen LogP contribution in [-0.4, -0.2) is 45.5 Å². The van der Waals surface area contributed by atoms with Crippen LogP contribution in [0.2, 0.25) is 0 Å². The molecule has 132 valence electrons. The number of hydrogen-bond donors (Lipinski definition) is 0. The first-order valence-corrected chi connectivity index (χ1v) is 10.4. The molecule has 2 aliphatic rings. The van der Waals surface area contributed by atoms with Crippen LogP contribution in [0.3, 0.4) is 0 Å². The normalized spacial score (nSPS) is 21.5. The van der Waals surface area contributed by atoms with Gasteiger partial charge in [0.25, 0.3) is 5.91 Å². The molecule has 4 rings (SSSR count). The van der Waals surface area contributed by atoms with Gasteiger partial charge in [-0.1, -0.05) is 6.07 Å². The van der Waals surface area contributed by atoms with E-state index in [1.807, 2.05) is 60.8 Å².